The topological polar surface area (TPSA) is 146 Å². The van der Waals surface area contributed by atoms with Crippen LogP contribution < -0.4 is 26.6 Å². The zero-order valence-electron chi connectivity index (χ0n) is 23.4. The summed E-state index contributed by atoms with van der Waals surface area (Å²) in [6.07, 6.45) is 1.08. The van der Waals surface area contributed by atoms with Crippen LogP contribution in [0.25, 0.3) is 0 Å². The van der Waals surface area contributed by atoms with Gasteiger partial charge in [-0.15, -0.1) is 0 Å². The van der Waals surface area contributed by atoms with Crippen molar-refractivity contribution in [1.29, 1.82) is 0 Å². The van der Waals surface area contributed by atoms with Gasteiger partial charge in [-0.3, -0.25) is 24.0 Å². The summed E-state index contributed by atoms with van der Waals surface area (Å²) in [5.41, 5.74) is 0. The molecule has 1 aliphatic heterocycles. The largest absolute Gasteiger partial charge is 0.343 e. The van der Waals surface area contributed by atoms with E-state index in [0.29, 0.717) is 19.3 Å². The van der Waals surface area contributed by atoms with Crippen molar-refractivity contribution in [2.24, 2.45) is 23.7 Å². The van der Waals surface area contributed by atoms with Crippen molar-refractivity contribution < 1.29 is 24.0 Å². The minimum atomic E-state index is -0.930. The maximum absolute atomic E-state index is 13.3. The van der Waals surface area contributed by atoms with Crippen LogP contribution in [0.15, 0.2) is 0 Å². The molecule has 5 N–H and O–H groups in total. The van der Waals surface area contributed by atoms with Crippen LogP contribution in [0.3, 0.4) is 0 Å². The smallest absolute Gasteiger partial charge is 0.243 e. The molecule has 0 saturated carbocycles. The quantitative estimate of drug-likeness (QED) is 0.351. The van der Waals surface area contributed by atoms with Crippen molar-refractivity contribution in [2.75, 3.05) is 0 Å². The molecule has 10 nitrogen and oxygen atoms in total. The molecule has 0 unspecified atom stereocenters. The molecule has 5 atom stereocenters. The van der Waals surface area contributed by atoms with E-state index in [0.717, 1.165) is 0 Å². The van der Waals surface area contributed by atoms with E-state index in [4.69, 9.17) is 0 Å². The van der Waals surface area contributed by atoms with E-state index in [1.165, 1.54) is 6.92 Å². The highest BCUT2D eigenvalue weighted by Crippen LogP contribution is 2.12. The number of carbonyl (C=O) groups excluding carboxylic acids is 5. The van der Waals surface area contributed by atoms with Crippen LogP contribution in [0, 0.1) is 23.7 Å². The van der Waals surface area contributed by atoms with Crippen LogP contribution in [0.4, 0.5) is 0 Å². The van der Waals surface area contributed by atoms with E-state index in [-0.39, 0.29) is 23.7 Å². The predicted molar refractivity (Wildman–Crippen MR) is 139 cm³/mol. The Morgan fingerprint density at radius 1 is 0.500 bits per heavy atom. The number of amides is 5. The first kappa shape index (κ1) is 31.4. The van der Waals surface area contributed by atoms with Gasteiger partial charge in [-0.2, -0.15) is 0 Å². The van der Waals surface area contributed by atoms with Gasteiger partial charge in [-0.05, 0) is 49.9 Å². The molecule has 1 fully saturated rings. The summed E-state index contributed by atoms with van der Waals surface area (Å²) < 4.78 is 0. The molecule has 0 aliphatic carbocycles. The van der Waals surface area contributed by atoms with E-state index in [1.807, 2.05) is 41.5 Å². The molecule has 0 spiro atoms. The second kappa shape index (κ2) is 14.2. The molecule has 1 heterocycles. The number of hydrogen-bond donors (Lipinski definition) is 5. The standard InChI is InChI=1S/C26H47N5O5/c1-13(2)10-18-23(33)29-19(11-14(3)4)24(34)30-20(12-15(5)6)25(35)31-21(16(7)8)26(36)27-17(9)22(32)28-18/h13-21H,10-12H2,1-9H3,(H,27,36)(H,28,32)(H,29,33)(H,30,34)(H,31,35)/t17-,18-,19-,20+,21+/m1/s1. The van der Waals surface area contributed by atoms with Crippen LogP contribution in [0.5, 0.6) is 0 Å². The molecule has 206 valence electrons. The lowest BCUT2D eigenvalue weighted by atomic mass is 9.98. The Morgan fingerprint density at radius 2 is 0.833 bits per heavy atom. The first-order chi connectivity index (χ1) is 16.6. The van der Waals surface area contributed by atoms with Gasteiger partial charge in [-0.1, -0.05) is 55.4 Å². The van der Waals surface area contributed by atoms with Gasteiger partial charge in [0, 0.05) is 0 Å². The second-order valence-corrected chi connectivity index (χ2v) is 11.5. The number of carbonyl (C=O) groups is 5. The van der Waals surface area contributed by atoms with Crippen LogP contribution in [0.2, 0.25) is 0 Å². The molecule has 0 aromatic carbocycles. The summed E-state index contributed by atoms with van der Waals surface area (Å²) in [5, 5.41) is 13.8. The Hall–Kier alpha value is -2.65. The van der Waals surface area contributed by atoms with E-state index in [9.17, 15) is 24.0 Å². The van der Waals surface area contributed by atoms with Crippen LogP contribution in [-0.2, 0) is 24.0 Å². The number of rotatable bonds is 7. The molecular weight excluding hydrogens is 462 g/mol. The maximum Gasteiger partial charge on any atom is 0.243 e. The fraction of sp³-hybridized carbons (Fsp3) is 0.808. The first-order valence-electron chi connectivity index (χ1n) is 13.1. The molecule has 10 heteroatoms. The summed E-state index contributed by atoms with van der Waals surface area (Å²) in [5.74, 6) is -2.45. The van der Waals surface area contributed by atoms with Gasteiger partial charge in [0.15, 0.2) is 0 Å². The fourth-order valence-corrected chi connectivity index (χ4v) is 4.11. The van der Waals surface area contributed by atoms with Gasteiger partial charge < -0.3 is 26.6 Å². The highest BCUT2D eigenvalue weighted by atomic mass is 16.2. The minimum absolute atomic E-state index is 0.0878. The van der Waals surface area contributed by atoms with Gasteiger partial charge in [-0.25, -0.2) is 0 Å². The van der Waals surface area contributed by atoms with Crippen molar-refractivity contribution >= 4 is 29.5 Å². The summed E-state index contributed by atoms with van der Waals surface area (Å²) in [6.45, 7) is 16.7. The zero-order chi connectivity index (χ0) is 27.7. The monoisotopic (exact) mass is 509 g/mol. The van der Waals surface area contributed by atoms with Crippen molar-refractivity contribution in [3.63, 3.8) is 0 Å². The van der Waals surface area contributed by atoms with Gasteiger partial charge in [0.2, 0.25) is 29.5 Å². The number of nitrogens with one attached hydrogen (secondary N) is 5. The lowest BCUT2D eigenvalue weighted by Crippen LogP contribution is -2.58. The van der Waals surface area contributed by atoms with Crippen molar-refractivity contribution in [3.05, 3.63) is 0 Å². The SMILES string of the molecule is CC(C)C[C@@H]1NC(=O)[C@@H](CC(C)C)NC(=O)[C@@H](CC(C)C)NC(=O)[C@@H](C)NC(=O)[C@H](C(C)C)NC1=O. The molecule has 0 aromatic rings. The summed E-state index contributed by atoms with van der Waals surface area (Å²) in [6, 6.07) is -4.47. The van der Waals surface area contributed by atoms with Crippen LogP contribution in [0.1, 0.15) is 81.6 Å². The van der Waals surface area contributed by atoms with Gasteiger partial charge in [0.1, 0.15) is 30.2 Å². The summed E-state index contributed by atoms with van der Waals surface area (Å²) >= 11 is 0. The normalized spacial score (nSPS) is 27.2. The average Bonchev–Trinajstić information content (AvgIpc) is 2.73. The van der Waals surface area contributed by atoms with E-state index < -0.39 is 59.7 Å². The predicted octanol–water partition coefficient (Wildman–Crippen LogP) is 1.24. The Bertz CT molecular complexity index is 796. The molecule has 0 radical (unpaired) electrons. The Morgan fingerprint density at radius 3 is 1.17 bits per heavy atom. The van der Waals surface area contributed by atoms with Crippen molar-refractivity contribution in [3.8, 4) is 0 Å². The Kier molecular flexibility index (Phi) is 12.4. The van der Waals surface area contributed by atoms with Crippen LogP contribution >= 0.6 is 0 Å². The molecular formula is C26H47N5O5. The molecule has 1 rings (SSSR count). The van der Waals surface area contributed by atoms with E-state index in [2.05, 4.69) is 26.6 Å². The van der Waals surface area contributed by atoms with Crippen LogP contribution in [-0.4, -0.2) is 59.7 Å². The molecule has 0 bridgehead atoms. The van der Waals surface area contributed by atoms with E-state index in [1.54, 1.807) is 13.8 Å². The van der Waals surface area contributed by atoms with Gasteiger partial charge >= 0.3 is 0 Å². The maximum atomic E-state index is 13.3. The summed E-state index contributed by atoms with van der Waals surface area (Å²) in [7, 11) is 0. The van der Waals surface area contributed by atoms with Gasteiger partial charge in [0.05, 0.1) is 0 Å². The third kappa shape index (κ3) is 10.1. The lowest BCUT2D eigenvalue weighted by molar-refractivity contribution is -0.135. The Labute approximate surface area is 215 Å². The third-order valence-corrected chi connectivity index (χ3v) is 6.02. The third-order valence-electron chi connectivity index (χ3n) is 6.02. The highest BCUT2D eigenvalue weighted by molar-refractivity contribution is 5.97. The molecule has 0 aromatic heterocycles. The zero-order valence-corrected chi connectivity index (χ0v) is 23.4. The number of hydrogen-bond acceptors (Lipinski definition) is 5. The second-order valence-electron chi connectivity index (χ2n) is 11.5. The Balaban J connectivity index is 3.48. The molecule has 36 heavy (non-hydrogen) atoms. The molecule has 1 aliphatic rings. The molecule has 5 amide bonds. The average molecular weight is 510 g/mol. The molecule has 1 saturated heterocycles. The highest BCUT2D eigenvalue weighted by Gasteiger charge is 2.34. The summed E-state index contributed by atoms with van der Waals surface area (Å²) in [4.78, 5) is 65.7. The lowest BCUT2D eigenvalue weighted by Gasteiger charge is -2.28. The first-order valence-corrected chi connectivity index (χ1v) is 13.1. The van der Waals surface area contributed by atoms with Gasteiger partial charge in [0.25, 0.3) is 0 Å². The minimum Gasteiger partial charge on any atom is -0.343 e. The van der Waals surface area contributed by atoms with Crippen molar-refractivity contribution in [1.82, 2.24) is 26.6 Å². The van der Waals surface area contributed by atoms with Crippen molar-refractivity contribution in [2.45, 2.75) is 112 Å². The fourth-order valence-electron chi connectivity index (χ4n) is 4.11. The van der Waals surface area contributed by atoms with E-state index >= 15 is 0 Å².